The Morgan fingerprint density at radius 2 is 2.19 bits per heavy atom. The molecular weight excluding hydrogens is 208 g/mol. The van der Waals surface area contributed by atoms with Crippen molar-refractivity contribution in [3.63, 3.8) is 0 Å². The van der Waals surface area contributed by atoms with E-state index in [4.69, 9.17) is 5.11 Å². The van der Waals surface area contributed by atoms with Crippen LogP contribution < -0.4 is 10.6 Å². The van der Waals surface area contributed by atoms with Crippen LogP contribution in [0, 0.1) is 0 Å². The van der Waals surface area contributed by atoms with Gasteiger partial charge in [-0.05, 0) is 24.5 Å². The van der Waals surface area contributed by atoms with E-state index in [1.54, 1.807) is 0 Å². The lowest BCUT2D eigenvalue weighted by molar-refractivity contribution is -0.118. The number of rotatable bonds is 1. The molecule has 84 valence electrons. The van der Waals surface area contributed by atoms with E-state index in [2.05, 4.69) is 10.6 Å². The number of fused-ring (bicyclic) bond motifs is 1. The number of carbonyl (C=O) groups is 2. The van der Waals surface area contributed by atoms with Gasteiger partial charge in [-0.2, -0.15) is 0 Å². The topological polar surface area (TPSA) is 78.4 Å². The molecule has 1 aromatic carbocycles. The maximum absolute atomic E-state index is 11.7. The molecule has 0 unspecified atom stereocenters. The van der Waals surface area contributed by atoms with E-state index in [0.29, 0.717) is 12.8 Å². The summed E-state index contributed by atoms with van der Waals surface area (Å²) in [5.41, 5.74) is 1.80. The van der Waals surface area contributed by atoms with Crippen LogP contribution in [0.15, 0.2) is 24.3 Å². The van der Waals surface area contributed by atoms with E-state index >= 15 is 0 Å². The van der Waals surface area contributed by atoms with Gasteiger partial charge in [-0.25, -0.2) is 4.79 Å². The van der Waals surface area contributed by atoms with Gasteiger partial charge in [0.1, 0.15) is 6.04 Å². The Morgan fingerprint density at radius 3 is 2.94 bits per heavy atom. The second-order valence-corrected chi connectivity index (χ2v) is 3.69. The molecule has 0 fully saturated rings. The third kappa shape index (κ3) is 2.13. The molecule has 2 rings (SSSR count). The van der Waals surface area contributed by atoms with Gasteiger partial charge in [0.15, 0.2) is 0 Å². The van der Waals surface area contributed by atoms with Gasteiger partial charge in [-0.15, -0.1) is 0 Å². The second-order valence-electron chi connectivity index (χ2n) is 3.69. The first-order chi connectivity index (χ1) is 7.66. The number of carboxylic acid groups (broad SMARTS) is 1. The maximum atomic E-state index is 11.7. The van der Waals surface area contributed by atoms with Crippen molar-refractivity contribution in [2.45, 2.75) is 18.9 Å². The molecule has 0 bridgehead atoms. The molecule has 2 amide bonds. The lowest BCUT2D eigenvalue weighted by atomic mass is 10.1. The Labute approximate surface area is 92.5 Å². The number of carbonyl (C=O) groups excluding carboxylic acids is 1. The Hall–Kier alpha value is -2.04. The van der Waals surface area contributed by atoms with E-state index in [1.807, 2.05) is 24.3 Å². The van der Waals surface area contributed by atoms with Crippen LogP contribution in [-0.2, 0) is 11.2 Å². The summed E-state index contributed by atoms with van der Waals surface area (Å²) in [4.78, 5) is 22.2. The lowest BCUT2D eigenvalue weighted by Gasteiger charge is -2.12. The molecule has 3 N–H and O–H groups in total. The molecule has 0 saturated carbocycles. The monoisotopic (exact) mass is 220 g/mol. The number of aryl methyl sites for hydroxylation is 1. The Balaban J connectivity index is 2.18. The summed E-state index contributed by atoms with van der Waals surface area (Å²) in [6.45, 7) is 0. The highest BCUT2D eigenvalue weighted by atomic mass is 16.4. The molecule has 0 spiro atoms. The van der Waals surface area contributed by atoms with Crippen LogP contribution >= 0.6 is 0 Å². The van der Waals surface area contributed by atoms with Crippen LogP contribution in [0.4, 0.5) is 10.5 Å². The van der Waals surface area contributed by atoms with Crippen LogP contribution in [0.5, 0.6) is 0 Å². The summed E-state index contributed by atoms with van der Waals surface area (Å²) in [5.74, 6) is -0.299. The summed E-state index contributed by atoms with van der Waals surface area (Å²) in [5, 5.41) is 13.5. The minimum atomic E-state index is -1.17. The van der Waals surface area contributed by atoms with E-state index in [-0.39, 0.29) is 5.91 Å². The van der Waals surface area contributed by atoms with Crippen LogP contribution in [0.1, 0.15) is 12.0 Å². The first-order valence-corrected chi connectivity index (χ1v) is 5.05. The Bertz CT molecular complexity index is 431. The summed E-state index contributed by atoms with van der Waals surface area (Å²) in [6, 6.07) is 6.81. The van der Waals surface area contributed by atoms with Crippen LogP contribution in [0.2, 0.25) is 0 Å². The fourth-order valence-electron chi connectivity index (χ4n) is 1.80. The number of amides is 2. The number of anilines is 1. The molecule has 1 atom stereocenters. The van der Waals surface area contributed by atoms with Crippen molar-refractivity contribution >= 4 is 17.7 Å². The SMILES string of the molecule is O=C(O)N[C@@H]1CCc2ccccc2NC1=O. The maximum Gasteiger partial charge on any atom is 0.405 e. The molecule has 1 aromatic rings. The van der Waals surface area contributed by atoms with E-state index in [1.165, 1.54) is 0 Å². The first kappa shape index (κ1) is 10.5. The number of nitrogens with one attached hydrogen (secondary N) is 2. The average molecular weight is 220 g/mol. The summed E-state index contributed by atoms with van der Waals surface area (Å²) in [6.07, 6.45) is -0.0132. The fraction of sp³-hybridized carbons (Fsp3) is 0.273. The lowest BCUT2D eigenvalue weighted by Crippen LogP contribution is -2.42. The van der Waals surface area contributed by atoms with Crippen molar-refractivity contribution < 1.29 is 14.7 Å². The number of hydrogen-bond donors (Lipinski definition) is 3. The molecule has 0 aromatic heterocycles. The van der Waals surface area contributed by atoms with Gasteiger partial charge in [0.2, 0.25) is 5.91 Å². The number of hydrogen-bond acceptors (Lipinski definition) is 2. The third-order valence-electron chi connectivity index (χ3n) is 2.59. The highest BCUT2D eigenvalue weighted by molar-refractivity contribution is 5.97. The molecule has 0 radical (unpaired) electrons. The molecule has 1 aliphatic rings. The summed E-state index contributed by atoms with van der Waals surface area (Å²) < 4.78 is 0. The molecule has 1 aliphatic heterocycles. The fourth-order valence-corrected chi connectivity index (χ4v) is 1.80. The largest absolute Gasteiger partial charge is 0.465 e. The zero-order chi connectivity index (χ0) is 11.5. The normalized spacial score (nSPS) is 19.2. The summed E-state index contributed by atoms with van der Waals surface area (Å²) >= 11 is 0. The van der Waals surface area contributed by atoms with Gasteiger partial charge in [0.25, 0.3) is 0 Å². The van der Waals surface area contributed by atoms with Crippen molar-refractivity contribution in [2.24, 2.45) is 0 Å². The number of benzene rings is 1. The molecule has 5 nitrogen and oxygen atoms in total. The van der Waals surface area contributed by atoms with Gasteiger partial charge >= 0.3 is 6.09 Å². The van der Waals surface area contributed by atoms with Crippen molar-refractivity contribution in [3.8, 4) is 0 Å². The van der Waals surface area contributed by atoms with Crippen LogP contribution in [-0.4, -0.2) is 23.1 Å². The highest BCUT2D eigenvalue weighted by Gasteiger charge is 2.24. The van der Waals surface area contributed by atoms with Crippen LogP contribution in [0.3, 0.4) is 0 Å². The van der Waals surface area contributed by atoms with Crippen LogP contribution in [0.25, 0.3) is 0 Å². The molecule has 5 heteroatoms. The van der Waals surface area contributed by atoms with E-state index < -0.39 is 12.1 Å². The third-order valence-corrected chi connectivity index (χ3v) is 2.59. The van der Waals surface area contributed by atoms with Crippen molar-refractivity contribution in [2.75, 3.05) is 5.32 Å². The van der Waals surface area contributed by atoms with Crippen molar-refractivity contribution in [3.05, 3.63) is 29.8 Å². The quantitative estimate of drug-likeness (QED) is 0.665. The second kappa shape index (κ2) is 4.22. The standard InChI is InChI=1S/C11H12N2O3/c14-10-9(13-11(15)16)6-5-7-3-1-2-4-8(7)12-10/h1-4,9,13H,5-6H2,(H,12,14)(H,15,16)/t9-/m1/s1. The van der Waals surface area contributed by atoms with Gasteiger partial charge < -0.3 is 15.7 Å². The Kier molecular flexibility index (Phi) is 2.76. The summed E-state index contributed by atoms with van der Waals surface area (Å²) in [7, 11) is 0. The van der Waals surface area contributed by atoms with Gasteiger partial charge in [-0.1, -0.05) is 18.2 Å². The minimum Gasteiger partial charge on any atom is -0.465 e. The first-order valence-electron chi connectivity index (χ1n) is 5.05. The minimum absolute atomic E-state index is 0.299. The molecule has 1 heterocycles. The zero-order valence-corrected chi connectivity index (χ0v) is 8.56. The molecule has 16 heavy (non-hydrogen) atoms. The van der Waals surface area contributed by atoms with Crippen molar-refractivity contribution in [1.82, 2.24) is 5.32 Å². The predicted molar refractivity (Wildman–Crippen MR) is 58.3 cm³/mol. The molecular formula is C11H12N2O3. The number of para-hydroxylation sites is 1. The molecule has 0 aliphatic carbocycles. The van der Waals surface area contributed by atoms with Crippen molar-refractivity contribution in [1.29, 1.82) is 0 Å². The predicted octanol–water partition coefficient (Wildman–Crippen LogP) is 1.21. The van der Waals surface area contributed by atoms with E-state index in [0.717, 1.165) is 11.3 Å². The Morgan fingerprint density at radius 1 is 1.44 bits per heavy atom. The smallest absolute Gasteiger partial charge is 0.405 e. The average Bonchev–Trinajstić information content (AvgIpc) is 2.39. The zero-order valence-electron chi connectivity index (χ0n) is 8.56. The highest BCUT2D eigenvalue weighted by Crippen LogP contribution is 2.21. The van der Waals surface area contributed by atoms with Gasteiger partial charge in [0.05, 0.1) is 0 Å². The van der Waals surface area contributed by atoms with E-state index in [9.17, 15) is 9.59 Å². The van der Waals surface area contributed by atoms with Gasteiger partial charge in [0, 0.05) is 5.69 Å². The van der Waals surface area contributed by atoms with Gasteiger partial charge in [-0.3, -0.25) is 4.79 Å². The molecule has 0 saturated heterocycles.